The number of hydrogen-bond acceptors (Lipinski definition) is 3. The van der Waals surface area contributed by atoms with Crippen LogP contribution in [0.1, 0.15) is 18.1 Å². The number of ether oxygens (including phenoxy) is 1. The fourth-order valence-electron chi connectivity index (χ4n) is 2.24. The molecule has 27 heavy (non-hydrogen) atoms. The molecule has 0 radical (unpaired) electrons. The number of rotatable bonds is 7. The van der Waals surface area contributed by atoms with E-state index in [0.29, 0.717) is 31.2 Å². The van der Waals surface area contributed by atoms with E-state index in [1.165, 1.54) is 12.1 Å². The Labute approximate surface area is 173 Å². The van der Waals surface area contributed by atoms with Gasteiger partial charge < -0.3 is 15.4 Å². The maximum atomic E-state index is 12.5. The van der Waals surface area contributed by atoms with Crippen LogP contribution in [0.15, 0.2) is 41.7 Å². The topological polar surface area (TPSA) is 63.5 Å². The molecule has 0 fully saturated rings. The summed E-state index contributed by atoms with van der Waals surface area (Å²) < 4.78 is 43.3. The Kier molecular flexibility index (Phi) is 9.39. The molecule has 2 N–H and O–H groups in total. The minimum absolute atomic E-state index is 0. The van der Waals surface area contributed by atoms with E-state index in [4.69, 9.17) is 0 Å². The number of nitrogens with zero attached hydrogens (tertiary/aromatic N) is 3. The summed E-state index contributed by atoms with van der Waals surface area (Å²) in [7, 11) is 0. The normalized spacial score (nSPS) is 11.7. The lowest BCUT2D eigenvalue weighted by atomic mass is 10.2. The predicted molar refractivity (Wildman–Crippen MR) is 108 cm³/mol. The highest BCUT2D eigenvalue weighted by Gasteiger charge is 2.31. The van der Waals surface area contributed by atoms with Gasteiger partial charge in [-0.25, -0.2) is 4.99 Å². The molecular weight excluding hydrogens is 474 g/mol. The second-order valence-corrected chi connectivity index (χ2v) is 5.56. The lowest BCUT2D eigenvalue weighted by molar-refractivity contribution is -0.274. The molecule has 0 aliphatic rings. The summed E-state index contributed by atoms with van der Waals surface area (Å²) in [4.78, 5) is 4.33. The first kappa shape index (κ1) is 23.1. The molecule has 0 bridgehead atoms. The molecule has 0 atom stereocenters. The Morgan fingerprint density at radius 2 is 2.00 bits per heavy atom. The number of halogens is 4. The molecule has 0 saturated carbocycles. The maximum absolute atomic E-state index is 12.5. The molecule has 1 aromatic carbocycles. The van der Waals surface area contributed by atoms with Gasteiger partial charge in [-0.05, 0) is 25.5 Å². The summed E-state index contributed by atoms with van der Waals surface area (Å²) in [6, 6.07) is 5.97. The first-order valence-electron chi connectivity index (χ1n) is 8.22. The molecule has 0 unspecified atom stereocenters. The number of alkyl halides is 3. The smallest absolute Gasteiger partial charge is 0.405 e. The summed E-state index contributed by atoms with van der Waals surface area (Å²) in [5, 5.41) is 10.4. The van der Waals surface area contributed by atoms with Gasteiger partial charge in [0.1, 0.15) is 5.75 Å². The third kappa shape index (κ3) is 8.50. The van der Waals surface area contributed by atoms with Gasteiger partial charge in [0.25, 0.3) is 0 Å². The van der Waals surface area contributed by atoms with Crippen molar-refractivity contribution in [1.29, 1.82) is 0 Å². The van der Waals surface area contributed by atoms with Crippen molar-refractivity contribution in [2.45, 2.75) is 33.3 Å². The molecular formula is C17H23F3IN5O. The number of aliphatic imine (C=N–C) groups is 1. The number of benzene rings is 1. The molecule has 0 aliphatic carbocycles. The quantitative estimate of drug-likeness (QED) is 0.350. The molecule has 2 aromatic rings. The van der Waals surface area contributed by atoms with Gasteiger partial charge in [0.2, 0.25) is 0 Å². The molecule has 150 valence electrons. The van der Waals surface area contributed by atoms with Crippen molar-refractivity contribution >= 4 is 29.9 Å². The second kappa shape index (κ2) is 11.0. The average molecular weight is 497 g/mol. The van der Waals surface area contributed by atoms with Crippen LogP contribution in [-0.4, -0.2) is 35.2 Å². The van der Waals surface area contributed by atoms with Gasteiger partial charge in [0.05, 0.1) is 19.3 Å². The maximum Gasteiger partial charge on any atom is 0.573 e. The van der Waals surface area contributed by atoms with Crippen LogP contribution in [0.3, 0.4) is 0 Å². The van der Waals surface area contributed by atoms with Gasteiger partial charge in [-0.2, -0.15) is 5.10 Å². The molecule has 2 rings (SSSR count). The van der Waals surface area contributed by atoms with Crippen LogP contribution < -0.4 is 15.4 Å². The van der Waals surface area contributed by atoms with Crippen molar-refractivity contribution in [3.8, 4) is 5.75 Å². The van der Waals surface area contributed by atoms with Crippen molar-refractivity contribution in [2.75, 3.05) is 13.1 Å². The number of aromatic nitrogens is 2. The summed E-state index contributed by atoms with van der Waals surface area (Å²) in [6.07, 6.45) is -1.03. The average Bonchev–Trinajstić information content (AvgIpc) is 2.98. The zero-order valence-corrected chi connectivity index (χ0v) is 17.4. The van der Waals surface area contributed by atoms with Crippen molar-refractivity contribution in [3.05, 3.63) is 47.8 Å². The van der Waals surface area contributed by atoms with E-state index in [1.807, 2.05) is 20.0 Å². The Morgan fingerprint density at radius 3 is 2.63 bits per heavy atom. The van der Waals surface area contributed by atoms with E-state index < -0.39 is 6.36 Å². The van der Waals surface area contributed by atoms with Crippen LogP contribution in [0, 0.1) is 6.92 Å². The molecule has 0 saturated heterocycles. The minimum atomic E-state index is -4.73. The van der Waals surface area contributed by atoms with E-state index in [2.05, 4.69) is 25.5 Å². The highest BCUT2D eigenvalue weighted by molar-refractivity contribution is 14.0. The minimum Gasteiger partial charge on any atom is -0.405 e. The van der Waals surface area contributed by atoms with E-state index in [9.17, 15) is 13.2 Å². The first-order chi connectivity index (χ1) is 12.4. The Morgan fingerprint density at radius 1 is 1.26 bits per heavy atom. The number of guanidine groups is 1. The van der Waals surface area contributed by atoms with Crippen LogP contribution in [0.5, 0.6) is 5.75 Å². The molecule has 1 aromatic heterocycles. The van der Waals surface area contributed by atoms with Gasteiger partial charge in [-0.1, -0.05) is 18.2 Å². The van der Waals surface area contributed by atoms with Crippen LogP contribution >= 0.6 is 24.0 Å². The van der Waals surface area contributed by atoms with Crippen LogP contribution in [0.2, 0.25) is 0 Å². The molecule has 0 spiro atoms. The third-order valence-corrected chi connectivity index (χ3v) is 3.35. The fraction of sp³-hybridized carbons (Fsp3) is 0.412. The van der Waals surface area contributed by atoms with Crippen molar-refractivity contribution in [1.82, 2.24) is 20.4 Å². The lowest BCUT2D eigenvalue weighted by Gasteiger charge is -2.14. The van der Waals surface area contributed by atoms with Gasteiger partial charge in [-0.15, -0.1) is 37.1 Å². The summed E-state index contributed by atoms with van der Waals surface area (Å²) in [6.45, 7) is 5.78. The van der Waals surface area contributed by atoms with Crippen molar-refractivity contribution in [3.63, 3.8) is 0 Å². The Balaban J connectivity index is 0.00000364. The number of nitrogens with one attached hydrogen (secondary N) is 2. The standard InChI is InChI=1S/C17H22F3N5O.HI/c1-3-21-16(22-8-9-25-12-13(2)10-24-25)23-11-14-6-4-5-7-15(14)26-17(18,19)20;/h4-7,10,12H,3,8-9,11H2,1-2H3,(H2,21,22,23);1H. The number of hydrogen-bond donors (Lipinski definition) is 2. The monoisotopic (exact) mass is 497 g/mol. The third-order valence-electron chi connectivity index (χ3n) is 3.35. The van der Waals surface area contributed by atoms with Crippen LogP contribution in [0.25, 0.3) is 0 Å². The van der Waals surface area contributed by atoms with E-state index in [0.717, 1.165) is 5.56 Å². The van der Waals surface area contributed by atoms with E-state index >= 15 is 0 Å². The SMILES string of the molecule is CCNC(=NCc1ccccc1OC(F)(F)F)NCCn1cc(C)cn1.I. The van der Waals surface area contributed by atoms with E-state index in [1.54, 1.807) is 23.0 Å². The van der Waals surface area contributed by atoms with Crippen molar-refractivity contribution < 1.29 is 17.9 Å². The highest BCUT2D eigenvalue weighted by atomic mass is 127. The Bertz CT molecular complexity index is 733. The van der Waals surface area contributed by atoms with Crippen LogP contribution in [0.4, 0.5) is 13.2 Å². The van der Waals surface area contributed by atoms with Gasteiger partial charge in [0.15, 0.2) is 5.96 Å². The first-order valence-corrected chi connectivity index (χ1v) is 8.22. The summed E-state index contributed by atoms with van der Waals surface area (Å²) in [5.74, 6) is 0.268. The van der Waals surface area contributed by atoms with Gasteiger partial charge in [-0.3, -0.25) is 4.68 Å². The highest BCUT2D eigenvalue weighted by Crippen LogP contribution is 2.26. The van der Waals surface area contributed by atoms with E-state index in [-0.39, 0.29) is 36.3 Å². The van der Waals surface area contributed by atoms with Crippen LogP contribution in [-0.2, 0) is 13.1 Å². The van der Waals surface area contributed by atoms with Crippen molar-refractivity contribution in [2.24, 2.45) is 4.99 Å². The molecule has 6 nitrogen and oxygen atoms in total. The number of aryl methyl sites for hydroxylation is 1. The Hall–Kier alpha value is -1.98. The molecule has 0 amide bonds. The zero-order valence-electron chi connectivity index (χ0n) is 15.1. The second-order valence-electron chi connectivity index (χ2n) is 5.56. The summed E-state index contributed by atoms with van der Waals surface area (Å²) >= 11 is 0. The molecule has 10 heteroatoms. The summed E-state index contributed by atoms with van der Waals surface area (Å²) in [5.41, 5.74) is 1.43. The largest absolute Gasteiger partial charge is 0.573 e. The number of para-hydroxylation sites is 1. The van der Waals surface area contributed by atoms with Gasteiger partial charge >= 0.3 is 6.36 Å². The zero-order chi connectivity index (χ0) is 19.0. The lowest BCUT2D eigenvalue weighted by Crippen LogP contribution is -2.38. The molecule has 1 heterocycles. The fourth-order valence-corrected chi connectivity index (χ4v) is 2.24. The predicted octanol–water partition coefficient (Wildman–Crippen LogP) is 3.46. The van der Waals surface area contributed by atoms with Gasteiger partial charge in [0, 0.05) is 24.8 Å². The molecule has 0 aliphatic heterocycles.